The van der Waals surface area contributed by atoms with Crippen molar-refractivity contribution in [2.45, 2.75) is 6.92 Å². The summed E-state index contributed by atoms with van der Waals surface area (Å²) < 4.78 is 20.6. The summed E-state index contributed by atoms with van der Waals surface area (Å²) in [7, 11) is 1.56. The van der Waals surface area contributed by atoms with Crippen molar-refractivity contribution < 1.29 is 8.42 Å². The third kappa shape index (κ3) is 7.72. The average Bonchev–Trinajstić information content (AvgIpc) is 1.78. The van der Waals surface area contributed by atoms with Gasteiger partial charge in [0.15, 0.2) is 0 Å². The maximum atomic E-state index is 10.3. The first kappa shape index (κ1) is 9.72. The van der Waals surface area contributed by atoms with Crippen LogP contribution in [0.2, 0.25) is 0 Å². The van der Waals surface area contributed by atoms with Crippen LogP contribution in [0.3, 0.4) is 0 Å². The molecule has 0 bridgehead atoms. The molecule has 0 amide bonds. The van der Waals surface area contributed by atoms with E-state index in [0.29, 0.717) is 0 Å². The molecule has 0 aromatic carbocycles. The van der Waals surface area contributed by atoms with Gasteiger partial charge in [0.2, 0.25) is 9.05 Å². The van der Waals surface area contributed by atoms with Crippen molar-refractivity contribution in [3.8, 4) is 0 Å². The molecule has 0 aromatic rings. The van der Waals surface area contributed by atoms with Crippen LogP contribution in [0.25, 0.3) is 0 Å². The van der Waals surface area contributed by atoms with Gasteiger partial charge >= 0.3 is 0 Å². The number of allylic oxidation sites excluding steroid dienone is 3. The Bertz CT molecular complexity index is 226. The first-order chi connectivity index (χ1) is 4.56. The maximum Gasteiger partial charge on any atom is 0.236 e. The minimum Gasteiger partial charge on any atom is -0.212 e. The molecule has 0 unspecified atom stereocenters. The molecule has 10 heavy (non-hydrogen) atoms. The van der Waals surface area contributed by atoms with Crippen LogP contribution in [0.15, 0.2) is 24.3 Å². The highest BCUT2D eigenvalue weighted by molar-refractivity contribution is 8.13. The molecule has 0 aromatic heterocycles. The van der Waals surface area contributed by atoms with Crippen LogP contribution in [-0.2, 0) is 9.05 Å². The van der Waals surface area contributed by atoms with Crippen molar-refractivity contribution >= 4 is 19.7 Å². The van der Waals surface area contributed by atoms with E-state index >= 15 is 0 Å². The molecule has 4 heteroatoms. The van der Waals surface area contributed by atoms with Gasteiger partial charge in [-0.15, -0.1) is 0 Å². The van der Waals surface area contributed by atoms with Gasteiger partial charge in [-0.1, -0.05) is 24.3 Å². The molecule has 0 radical (unpaired) electrons. The molecule has 58 valence electrons. The standard InChI is InChI=1S/C6H9ClO2S/c1-2-3-4-5-6-10(7,8)9/h2-5H,6H2,1H3/b3-2+,5-4+. The molecule has 0 rings (SSSR count). The largest absolute Gasteiger partial charge is 0.236 e. The molecule has 0 aliphatic carbocycles. The highest BCUT2D eigenvalue weighted by atomic mass is 35.7. The molecule has 0 spiro atoms. The number of hydrogen-bond donors (Lipinski definition) is 0. The Kier molecular flexibility index (Phi) is 4.40. The van der Waals surface area contributed by atoms with Crippen molar-refractivity contribution in [1.82, 2.24) is 0 Å². The number of hydrogen-bond acceptors (Lipinski definition) is 2. The van der Waals surface area contributed by atoms with Gasteiger partial charge < -0.3 is 0 Å². The van der Waals surface area contributed by atoms with Gasteiger partial charge in [0, 0.05) is 10.7 Å². The normalized spacial score (nSPS) is 13.4. The quantitative estimate of drug-likeness (QED) is 0.489. The molecule has 0 atom stereocenters. The van der Waals surface area contributed by atoms with E-state index < -0.39 is 9.05 Å². The zero-order valence-electron chi connectivity index (χ0n) is 5.62. The van der Waals surface area contributed by atoms with Gasteiger partial charge in [-0.3, -0.25) is 0 Å². The van der Waals surface area contributed by atoms with Gasteiger partial charge in [-0.05, 0) is 6.92 Å². The molecule has 0 aliphatic rings. The minimum absolute atomic E-state index is 0.112. The van der Waals surface area contributed by atoms with E-state index in [4.69, 9.17) is 10.7 Å². The van der Waals surface area contributed by atoms with Crippen LogP contribution in [0, 0.1) is 0 Å². The molecule has 0 aliphatic heterocycles. The van der Waals surface area contributed by atoms with Gasteiger partial charge in [-0.2, -0.15) is 0 Å². The van der Waals surface area contributed by atoms with E-state index in [1.807, 2.05) is 6.92 Å². The summed E-state index contributed by atoms with van der Waals surface area (Å²) in [6.07, 6.45) is 6.67. The predicted molar refractivity (Wildman–Crippen MR) is 43.6 cm³/mol. The van der Waals surface area contributed by atoms with E-state index in [1.165, 1.54) is 6.08 Å². The first-order valence-corrected chi connectivity index (χ1v) is 5.24. The van der Waals surface area contributed by atoms with Gasteiger partial charge in [0.25, 0.3) is 0 Å². The smallest absolute Gasteiger partial charge is 0.212 e. The second-order valence-electron chi connectivity index (χ2n) is 1.66. The fourth-order valence-electron chi connectivity index (χ4n) is 0.360. The Morgan fingerprint density at radius 3 is 2.40 bits per heavy atom. The molecular formula is C6H9ClO2S. The van der Waals surface area contributed by atoms with Crippen molar-refractivity contribution in [3.05, 3.63) is 24.3 Å². The topological polar surface area (TPSA) is 34.1 Å². The fourth-order valence-corrected chi connectivity index (χ4v) is 0.919. The van der Waals surface area contributed by atoms with Crippen molar-refractivity contribution in [1.29, 1.82) is 0 Å². The van der Waals surface area contributed by atoms with Gasteiger partial charge in [-0.25, -0.2) is 8.42 Å². The van der Waals surface area contributed by atoms with Crippen LogP contribution >= 0.6 is 10.7 Å². The summed E-state index contributed by atoms with van der Waals surface area (Å²) in [4.78, 5) is 0. The van der Waals surface area contributed by atoms with Crippen LogP contribution in [0.5, 0.6) is 0 Å². The van der Waals surface area contributed by atoms with Crippen LogP contribution in [-0.4, -0.2) is 14.2 Å². The molecule has 0 N–H and O–H groups in total. The Morgan fingerprint density at radius 1 is 1.40 bits per heavy atom. The zero-order valence-corrected chi connectivity index (χ0v) is 7.19. The lowest BCUT2D eigenvalue weighted by Gasteiger charge is -1.82. The number of halogens is 1. The van der Waals surface area contributed by atoms with E-state index in [0.717, 1.165) is 0 Å². The molecule has 0 heterocycles. The van der Waals surface area contributed by atoms with Gasteiger partial charge in [0.05, 0.1) is 5.75 Å². The van der Waals surface area contributed by atoms with E-state index in [9.17, 15) is 8.42 Å². The summed E-state index contributed by atoms with van der Waals surface area (Å²) in [5.41, 5.74) is 0. The second kappa shape index (κ2) is 4.52. The predicted octanol–water partition coefficient (Wildman–Crippen LogP) is 1.69. The minimum atomic E-state index is -3.35. The van der Waals surface area contributed by atoms with Crippen LogP contribution < -0.4 is 0 Å². The SMILES string of the molecule is C/C=C/C=C/CS(=O)(=O)Cl. The van der Waals surface area contributed by atoms with Crippen LogP contribution in [0.4, 0.5) is 0 Å². The van der Waals surface area contributed by atoms with Crippen molar-refractivity contribution in [3.63, 3.8) is 0 Å². The van der Waals surface area contributed by atoms with E-state index in [-0.39, 0.29) is 5.75 Å². The molecular weight excluding hydrogens is 172 g/mol. The molecule has 0 saturated heterocycles. The van der Waals surface area contributed by atoms with Crippen LogP contribution in [0.1, 0.15) is 6.92 Å². The zero-order chi connectivity index (χ0) is 8.04. The van der Waals surface area contributed by atoms with Crippen molar-refractivity contribution in [2.24, 2.45) is 0 Å². The van der Waals surface area contributed by atoms with E-state index in [1.54, 1.807) is 18.2 Å². The maximum absolute atomic E-state index is 10.3. The monoisotopic (exact) mass is 180 g/mol. The molecule has 2 nitrogen and oxygen atoms in total. The Labute approximate surface area is 65.6 Å². The summed E-state index contributed by atoms with van der Waals surface area (Å²) in [6.45, 7) is 1.85. The first-order valence-electron chi connectivity index (χ1n) is 2.76. The second-order valence-corrected chi connectivity index (χ2v) is 4.48. The summed E-state index contributed by atoms with van der Waals surface area (Å²) in [6, 6.07) is 0. The summed E-state index contributed by atoms with van der Waals surface area (Å²) in [5.74, 6) is -0.112. The Balaban J connectivity index is 3.76. The summed E-state index contributed by atoms with van der Waals surface area (Å²) in [5, 5.41) is 0. The average molecular weight is 181 g/mol. The molecule has 0 saturated carbocycles. The third-order valence-corrected chi connectivity index (χ3v) is 1.70. The summed E-state index contributed by atoms with van der Waals surface area (Å²) >= 11 is 0. The lowest BCUT2D eigenvalue weighted by atomic mass is 10.5. The highest BCUT2D eigenvalue weighted by Gasteiger charge is 1.98. The fraction of sp³-hybridized carbons (Fsp3) is 0.333. The number of rotatable bonds is 3. The van der Waals surface area contributed by atoms with Crippen molar-refractivity contribution in [2.75, 3.05) is 5.75 Å². The Hall–Kier alpha value is -0.280. The molecule has 0 fully saturated rings. The lowest BCUT2D eigenvalue weighted by molar-refractivity contribution is 0.612. The lowest BCUT2D eigenvalue weighted by Crippen LogP contribution is -1.91. The van der Waals surface area contributed by atoms with Gasteiger partial charge in [0.1, 0.15) is 0 Å². The third-order valence-electron chi connectivity index (χ3n) is 0.735. The van der Waals surface area contributed by atoms with E-state index in [2.05, 4.69) is 0 Å². The Morgan fingerprint density at radius 2 is 2.00 bits per heavy atom. The highest BCUT2D eigenvalue weighted by Crippen LogP contribution is 1.95.